The summed E-state index contributed by atoms with van der Waals surface area (Å²) in [7, 11) is 2.91. The molecular formula is C11H20N2O6. The van der Waals surface area contributed by atoms with E-state index in [0.29, 0.717) is 6.61 Å². The molecule has 0 aromatic heterocycles. The lowest BCUT2D eigenvalue weighted by Crippen LogP contribution is -2.58. The summed E-state index contributed by atoms with van der Waals surface area (Å²) in [4.78, 5) is 24.3. The third kappa shape index (κ3) is 4.05. The molecule has 1 rings (SSSR count). The Labute approximate surface area is 111 Å². The molecular weight excluding hydrogens is 256 g/mol. The zero-order valence-corrected chi connectivity index (χ0v) is 11.1. The molecule has 0 aromatic carbocycles. The van der Waals surface area contributed by atoms with Gasteiger partial charge in [-0.3, -0.25) is 0 Å². The Morgan fingerprint density at radius 2 is 2.26 bits per heavy atom. The minimum Gasteiger partial charge on any atom is -0.479 e. The van der Waals surface area contributed by atoms with E-state index in [1.807, 2.05) is 0 Å². The lowest BCUT2D eigenvalue weighted by atomic mass is 9.99. The van der Waals surface area contributed by atoms with Crippen LogP contribution in [-0.4, -0.2) is 79.3 Å². The second kappa shape index (κ2) is 6.69. The summed E-state index contributed by atoms with van der Waals surface area (Å²) in [5.74, 6) is -1.12. The van der Waals surface area contributed by atoms with Crippen molar-refractivity contribution in [3.05, 3.63) is 0 Å². The highest BCUT2D eigenvalue weighted by atomic mass is 16.5. The van der Waals surface area contributed by atoms with E-state index in [-0.39, 0.29) is 26.2 Å². The molecule has 110 valence electrons. The third-order valence-corrected chi connectivity index (χ3v) is 2.97. The maximum atomic E-state index is 11.9. The number of aliphatic carboxylic acids is 1. The Morgan fingerprint density at radius 3 is 2.74 bits per heavy atom. The second-order valence-electron chi connectivity index (χ2n) is 4.61. The number of hydrogen-bond donors (Lipinski definition) is 3. The average Bonchev–Trinajstić information content (AvgIpc) is 2.79. The molecule has 0 bridgehead atoms. The fourth-order valence-electron chi connectivity index (χ4n) is 1.83. The first-order valence-electron chi connectivity index (χ1n) is 5.92. The zero-order chi connectivity index (χ0) is 14.5. The summed E-state index contributed by atoms with van der Waals surface area (Å²) in [6.45, 7) is 0.395. The monoisotopic (exact) mass is 276 g/mol. The van der Waals surface area contributed by atoms with Gasteiger partial charge in [-0.25, -0.2) is 9.59 Å². The number of carboxylic acids is 1. The van der Waals surface area contributed by atoms with Crippen LogP contribution in [0, 0.1) is 0 Å². The summed E-state index contributed by atoms with van der Waals surface area (Å²) in [5, 5.41) is 21.1. The second-order valence-corrected chi connectivity index (χ2v) is 4.61. The minimum absolute atomic E-state index is 0.0518. The molecule has 19 heavy (non-hydrogen) atoms. The van der Waals surface area contributed by atoms with Crippen molar-refractivity contribution in [1.29, 1.82) is 0 Å². The number of nitrogens with one attached hydrogen (secondary N) is 1. The van der Waals surface area contributed by atoms with E-state index in [1.165, 1.54) is 19.1 Å². The van der Waals surface area contributed by atoms with Crippen molar-refractivity contribution in [2.45, 2.75) is 18.1 Å². The number of methoxy groups -OCH3 is 1. The van der Waals surface area contributed by atoms with Crippen LogP contribution in [0.25, 0.3) is 0 Å². The van der Waals surface area contributed by atoms with E-state index in [1.54, 1.807) is 0 Å². The number of amides is 2. The molecule has 0 aromatic rings. The normalized spacial score (nSPS) is 23.9. The van der Waals surface area contributed by atoms with Gasteiger partial charge in [-0.15, -0.1) is 0 Å². The summed E-state index contributed by atoms with van der Waals surface area (Å²) in [6, 6.07) is -0.567. The predicted molar refractivity (Wildman–Crippen MR) is 64.8 cm³/mol. The van der Waals surface area contributed by atoms with Crippen molar-refractivity contribution in [1.82, 2.24) is 10.2 Å². The van der Waals surface area contributed by atoms with Crippen molar-refractivity contribution in [2.24, 2.45) is 0 Å². The largest absolute Gasteiger partial charge is 0.479 e. The van der Waals surface area contributed by atoms with E-state index in [9.17, 15) is 19.8 Å². The van der Waals surface area contributed by atoms with Crippen LogP contribution in [0.1, 0.15) is 6.42 Å². The van der Waals surface area contributed by atoms with Crippen molar-refractivity contribution in [2.75, 3.05) is 40.5 Å². The molecule has 3 N–H and O–H groups in total. The summed E-state index contributed by atoms with van der Waals surface area (Å²) >= 11 is 0. The first-order valence-corrected chi connectivity index (χ1v) is 5.92. The summed E-state index contributed by atoms with van der Waals surface area (Å²) < 4.78 is 9.79. The van der Waals surface area contributed by atoms with Gasteiger partial charge < -0.3 is 29.9 Å². The molecule has 8 heteroatoms. The lowest BCUT2D eigenvalue weighted by molar-refractivity contribution is -0.144. The van der Waals surface area contributed by atoms with E-state index in [4.69, 9.17) is 9.47 Å². The number of aliphatic hydroxyl groups is 1. The molecule has 8 nitrogen and oxygen atoms in total. The highest BCUT2D eigenvalue weighted by Crippen LogP contribution is 2.19. The molecule has 0 spiro atoms. The first-order chi connectivity index (χ1) is 8.91. The van der Waals surface area contributed by atoms with E-state index >= 15 is 0 Å². The molecule has 2 unspecified atom stereocenters. The highest BCUT2D eigenvalue weighted by Gasteiger charge is 2.44. The Morgan fingerprint density at radius 1 is 1.58 bits per heavy atom. The number of hydrogen-bond acceptors (Lipinski definition) is 5. The molecule has 1 saturated heterocycles. The molecule has 1 fully saturated rings. The van der Waals surface area contributed by atoms with E-state index in [2.05, 4.69) is 5.32 Å². The number of carbonyl (C=O) groups excluding carboxylic acids is 1. The van der Waals surface area contributed by atoms with Gasteiger partial charge in [0.1, 0.15) is 0 Å². The zero-order valence-electron chi connectivity index (χ0n) is 11.1. The molecule has 2 atom stereocenters. The number of urea groups is 1. The van der Waals surface area contributed by atoms with Crippen molar-refractivity contribution >= 4 is 12.0 Å². The fraction of sp³-hybridized carbons (Fsp3) is 0.818. The van der Waals surface area contributed by atoms with E-state index < -0.39 is 23.6 Å². The molecule has 1 aliphatic heterocycles. The number of likely N-dealkylation sites (N-methyl/N-ethyl adjacent to an activating group) is 1. The van der Waals surface area contributed by atoms with Crippen LogP contribution in [0.4, 0.5) is 4.79 Å². The Balaban J connectivity index is 2.55. The average molecular weight is 276 g/mol. The SMILES string of the molecule is COCC(O)CN(C)C(=O)NC1(C(=O)O)CCOC1. The van der Waals surface area contributed by atoms with Gasteiger partial charge in [0.15, 0.2) is 5.54 Å². The minimum atomic E-state index is -1.38. The number of ether oxygens (including phenoxy) is 2. The van der Waals surface area contributed by atoms with Crippen LogP contribution in [0.2, 0.25) is 0 Å². The molecule has 1 heterocycles. The number of carboxylic acid groups (broad SMARTS) is 1. The number of nitrogens with zero attached hydrogens (tertiary/aromatic N) is 1. The molecule has 1 aliphatic rings. The van der Waals surface area contributed by atoms with Gasteiger partial charge in [-0.05, 0) is 0 Å². The molecule has 0 saturated carbocycles. The summed E-state index contributed by atoms with van der Waals surface area (Å²) in [5.41, 5.74) is -1.38. The number of rotatable bonds is 6. The van der Waals surface area contributed by atoms with Gasteiger partial charge in [0, 0.05) is 27.2 Å². The highest BCUT2D eigenvalue weighted by molar-refractivity contribution is 5.86. The third-order valence-electron chi connectivity index (χ3n) is 2.97. The Hall–Kier alpha value is -1.38. The molecule has 2 amide bonds. The van der Waals surface area contributed by atoms with Gasteiger partial charge >= 0.3 is 12.0 Å². The Bertz CT molecular complexity index is 329. The predicted octanol–water partition coefficient (Wildman–Crippen LogP) is -1.12. The van der Waals surface area contributed by atoms with Crippen LogP contribution in [0.5, 0.6) is 0 Å². The van der Waals surface area contributed by atoms with Gasteiger partial charge in [-0.2, -0.15) is 0 Å². The Kier molecular flexibility index (Phi) is 5.52. The van der Waals surface area contributed by atoms with Crippen LogP contribution in [-0.2, 0) is 14.3 Å². The van der Waals surface area contributed by atoms with Gasteiger partial charge in [0.25, 0.3) is 0 Å². The van der Waals surface area contributed by atoms with E-state index in [0.717, 1.165) is 0 Å². The smallest absolute Gasteiger partial charge is 0.332 e. The van der Waals surface area contributed by atoms with Crippen molar-refractivity contribution in [3.63, 3.8) is 0 Å². The maximum Gasteiger partial charge on any atom is 0.332 e. The van der Waals surface area contributed by atoms with Gasteiger partial charge in [0.2, 0.25) is 0 Å². The van der Waals surface area contributed by atoms with Crippen LogP contribution < -0.4 is 5.32 Å². The van der Waals surface area contributed by atoms with Gasteiger partial charge in [0.05, 0.1) is 25.9 Å². The first kappa shape index (κ1) is 15.7. The van der Waals surface area contributed by atoms with Crippen LogP contribution in [0.3, 0.4) is 0 Å². The standard InChI is InChI=1S/C11H20N2O6/c1-13(5-8(14)6-18-2)10(17)12-11(9(15)16)3-4-19-7-11/h8,14H,3-7H2,1-2H3,(H,12,17)(H,15,16). The number of aliphatic hydroxyl groups excluding tert-OH is 1. The fourth-order valence-corrected chi connectivity index (χ4v) is 1.83. The molecule has 0 aliphatic carbocycles. The lowest BCUT2D eigenvalue weighted by Gasteiger charge is -2.28. The van der Waals surface area contributed by atoms with Gasteiger partial charge in [-0.1, -0.05) is 0 Å². The topological polar surface area (TPSA) is 108 Å². The van der Waals surface area contributed by atoms with Crippen LogP contribution >= 0.6 is 0 Å². The van der Waals surface area contributed by atoms with Crippen molar-refractivity contribution in [3.8, 4) is 0 Å². The quantitative estimate of drug-likeness (QED) is 0.567. The van der Waals surface area contributed by atoms with Crippen molar-refractivity contribution < 1.29 is 29.3 Å². The maximum absolute atomic E-state index is 11.9. The number of carbonyl (C=O) groups is 2. The molecule has 0 radical (unpaired) electrons. The van der Waals surface area contributed by atoms with Crippen LogP contribution in [0.15, 0.2) is 0 Å². The summed E-state index contributed by atoms with van der Waals surface area (Å²) in [6.07, 6.45) is -0.593.